The summed E-state index contributed by atoms with van der Waals surface area (Å²) in [6.45, 7) is 1.60. The maximum atomic E-state index is 11.6. The van der Waals surface area contributed by atoms with Gasteiger partial charge in [0.25, 0.3) is 5.91 Å². The van der Waals surface area contributed by atoms with E-state index in [2.05, 4.69) is 5.32 Å². The Morgan fingerprint density at radius 2 is 2.00 bits per heavy atom. The highest BCUT2D eigenvalue weighted by Gasteiger charge is 2.15. The molecule has 0 aliphatic rings. The number of ether oxygens (including phenoxy) is 2. The van der Waals surface area contributed by atoms with Crippen LogP contribution in [0, 0.1) is 0 Å². The van der Waals surface area contributed by atoms with Gasteiger partial charge < -0.3 is 19.9 Å². The number of hydrogen-bond donors (Lipinski definition) is 2. The SMILES string of the molecule is COc1cc(C(=O)O)ccc1NC(=O)C(C)OC. The summed E-state index contributed by atoms with van der Waals surface area (Å²) >= 11 is 0. The number of carboxylic acids is 1. The minimum absolute atomic E-state index is 0.0876. The van der Waals surface area contributed by atoms with Crippen molar-refractivity contribution in [1.29, 1.82) is 0 Å². The Kier molecular flexibility index (Phi) is 4.67. The fourth-order valence-electron chi connectivity index (χ4n) is 1.27. The van der Waals surface area contributed by atoms with Crippen molar-refractivity contribution >= 4 is 17.6 Å². The molecule has 0 aliphatic carbocycles. The molecule has 1 aromatic carbocycles. The predicted molar refractivity (Wildman–Crippen MR) is 65.1 cm³/mol. The van der Waals surface area contributed by atoms with Crippen LogP contribution in [0.1, 0.15) is 17.3 Å². The number of rotatable bonds is 5. The summed E-state index contributed by atoms with van der Waals surface area (Å²) in [4.78, 5) is 22.4. The van der Waals surface area contributed by atoms with E-state index in [1.807, 2.05) is 0 Å². The molecule has 0 radical (unpaired) electrons. The minimum Gasteiger partial charge on any atom is -0.495 e. The van der Waals surface area contributed by atoms with Crippen molar-refractivity contribution in [3.8, 4) is 5.75 Å². The number of methoxy groups -OCH3 is 2. The quantitative estimate of drug-likeness (QED) is 0.827. The largest absolute Gasteiger partial charge is 0.495 e. The van der Waals surface area contributed by atoms with Crippen molar-refractivity contribution in [1.82, 2.24) is 0 Å². The molecule has 2 N–H and O–H groups in total. The molecule has 0 saturated carbocycles. The van der Waals surface area contributed by atoms with Crippen LogP contribution in [0.5, 0.6) is 5.75 Å². The van der Waals surface area contributed by atoms with Gasteiger partial charge in [0.2, 0.25) is 0 Å². The van der Waals surface area contributed by atoms with Gasteiger partial charge in [-0.1, -0.05) is 0 Å². The normalized spacial score (nSPS) is 11.7. The van der Waals surface area contributed by atoms with Gasteiger partial charge in [0.1, 0.15) is 11.9 Å². The number of anilines is 1. The van der Waals surface area contributed by atoms with Crippen LogP contribution in [0.2, 0.25) is 0 Å². The second-order valence-electron chi connectivity index (χ2n) is 3.59. The summed E-state index contributed by atoms with van der Waals surface area (Å²) < 4.78 is 9.90. The van der Waals surface area contributed by atoms with Gasteiger partial charge in [-0.25, -0.2) is 4.79 Å². The molecule has 1 aromatic rings. The smallest absolute Gasteiger partial charge is 0.335 e. The van der Waals surface area contributed by atoms with E-state index in [-0.39, 0.29) is 17.2 Å². The molecule has 0 aliphatic heterocycles. The van der Waals surface area contributed by atoms with Gasteiger partial charge in [-0.3, -0.25) is 4.79 Å². The fraction of sp³-hybridized carbons (Fsp3) is 0.333. The molecule has 98 valence electrons. The molecule has 1 rings (SSSR count). The number of amides is 1. The second kappa shape index (κ2) is 6.02. The van der Waals surface area contributed by atoms with Crippen LogP contribution in [-0.2, 0) is 9.53 Å². The Morgan fingerprint density at radius 3 is 2.50 bits per heavy atom. The highest BCUT2D eigenvalue weighted by Crippen LogP contribution is 2.25. The van der Waals surface area contributed by atoms with E-state index in [0.29, 0.717) is 5.69 Å². The van der Waals surface area contributed by atoms with Gasteiger partial charge in [-0.15, -0.1) is 0 Å². The zero-order valence-corrected chi connectivity index (χ0v) is 10.4. The average molecular weight is 253 g/mol. The standard InChI is InChI=1S/C12H15NO5/c1-7(17-2)11(14)13-9-5-4-8(12(15)16)6-10(9)18-3/h4-7H,1-3H3,(H,13,14)(H,15,16). The fourth-order valence-corrected chi connectivity index (χ4v) is 1.27. The number of carboxylic acid groups (broad SMARTS) is 1. The Labute approximate surface area is 105 Å². The maximum absolute atomic E-state index is 11.6. The van der Waals surface area contributed by atoms with Crippen molar-refractivity contribution < 1.29 is 24.2 Å². The Hall–Kier alpha value is -2.08. The first kappa shape index (κ1) is 14.0. The van der Waals surface area contributed by atoms with E-state index in [1.54, 1.807) is 6.92 Å². The van der Waals surface area contributed by atoms with Gasteiger partial charge in [0, 0.05) is 7.11 Å². The summed E-state index contributed by atoms with van der Waals surface area (Å²) in [5.41, 5.74) is 0.487. The monoisotopic (exact) mass is 253 g/mol. The predicted octanol–water partition coefficient (Wildman–Crippen LogP) is 1.37. The molecule has 0 saturated heterocycles. The van der Waals surface area contributed by atoms with Crippen LogP contribution in [0.4, 0.5) is 5.69 Å². The number of carbonyl (C=O) groups excluding carboxylic acids is 1. The first-order valence-electron chi connectivity index (χ1n) is 5.24. The van der Waals surface area contributed by atoms with Crippen LogP contribution in [0.15, 0.2) is 18.2 Å². The van der Waals surface area contributed by atoms with Crippen LogP contribution in [0.3, 0.4) is 0 Å². The summed E-state index contributed by atoms with van der Waals surface area (Å²) in [7, 11) is 2.82. The molecule has 0 fully saturated rings. The first-order chi connectivity index (χ1) is 8.49. The third-order valence-corrected chi connectivity index (χ3v) is 2.43. The molecule has 1 unspecified atom stereocenters. The maximum Gasteiger partial charge on any atom is 0.335 e. The van der Waals surface area contributed by atoms with Crippen molar-refractivity contribution in [2.24, 2.45) is 0 Å². The topological polar surface area (TPSA) is 84.9 Å². The van der Waals surface area contributed by atoms with Crippen LogP contribution < -0.4 is 10.1 Å². The zero-order chi connectivity index (χ0) is 13.7. The lowest BCUT2D eigenvalue weighted by atomic mass is 10.2. The van der Waals surface area contributed by atoms with Crippen LogP contribution in [-0.4, -0.2) is 37.3 Å². The Balaban J connectivity index is 2.96. The van der Waals surface area contributed by atoms with E-state index < -0.39 is 12.1 Å². The van der Waals surface area contributed by atoms with E-state index in [1.165, 1.54) is 32.4 Å². The molecule has 18 heavy (non-hydrogen) atoms. The van der Waals surface area contributed by atoms with Gasteiger partial charge in [-0.2, -0.15) is 0 Å². The average Bonchev–Trinajstić information content (AvgIpc) is 2.37. The lowest BCUT2D eigenvalue weighted by molar-refractivity contribution is -0.124. The van der Waals surface area contributed by atoms with Gasteiger partial charge >= 0.3 is 5.97 Å². The minimum atomic E-state index is -1.06. The number of benzene rings is 1. The number of aromatic carboxylic acids is 1. The van der Waals surface area contributed by atoms with Crippen molar-refractivity contribution in [2.75, 3.05) is 19.5 Å². The van der Waals surface area contributed by atoms with Gasteiger partial charge in [0.15, 0.2) is 0 Å². The van der Waals surface area contributed by atoms with Gasteiger partial charge in [-0.05, 0) is 25.1 Å². The molecule has 0 bridgehead atoms. The zero-order valence-electron chi connectivity index (χ0n) is 10.4. The summed E-state index contributed by atoms with van der Waals surface area (Å²) in [5, 5.41) is 11.4. The summed E-state index contributed by atoms with van der Waals surface area (Å²) in [6, 6.07) is 4.20. The van der Waals surface area contributed by atoms with Crippen LogP contribution in [0.25, 0.3) is 0 Å². The van der Waals surface area contributed by atoms with Crippen molar-refractivity contribution in [3.05, 3.63) is 23.8 Å². The lowest BCUT2D eigenvalue weighted by Gasteiger charge is -2.13. The summed E-state index contributed by atoms with van der Waals surface area (Å²) in [5.74, 6) is -1.11. The molecule has 6 heteroatoms. The first-order valence-corrected chi connectivity index (χ1v) is 5.24. The molecule has 1 amide bonds. The Bertz CT molecular complexity index is 458. The van der Waals surface area contributed by atoms with E-state index in [4.69, 9.17) is 14.6 Å². The lowest BCUT2D eigenvalue weighted by Crippen LogP contribution is -2.26. The molecule has 1 atom stereocenters. The number of nitrogens with one attached hydrogen (secondary N) is 1. The Morgan fingerprint density at radius 1 is 1.33 bits per heavy atom. The molecule has 0 spiro atoms. The number of carbonyl (C=O) groups is 2. The molecular formula is C12H15NO5. The third kappa shape index (κ3) is 3.21. The van der Waals surface area contributed by atoms with Gasteiger partial charge in [0.05, 0.1) is 18.4 Å². The molecule has 0 aromatic heterocycles. The number of hydrogen-bond acceptors (Lipinski definition) is 4. The molecule has 6 nitrogen and oxygen atoms in total. The molecule has 0 heterocycles. The second-order valence-corrected chi connectivity index (χ2v) is 3.59. The highest BCUT2D eigenvalue weighted by molar-refractivity contribution is 5.96. The summed E-state index contributed by atoms with van der Waals surface area (Å²) in [6.07, 6.45) is -0.603. The van der Waals surface area contributed by atoms with E-state index in [0.717, 1.165) is 0 Å². The van der Waals surface area contributed by atoms with Crippen molar-refractivity contribution in [2.45, 2.75) is 13.0 Å². The highest BCUT2D eigenvalue weighted by atomic mass is 16.5. The van der Waals surface area contributed by atoms with E-state index in [9.17, 15) is 9.59 Å². The van der Waals surface area contributed by atoms with E-state index >= 15 is 0 Å². The third-order valence-electron chi connectivity index (χ3n) is 2.43. The molecular weight excluding hydrogens is 238 g/mol. The van der Waals surface area contributed by atoms with Crippen molar-refractivity contribution in [3.63, 3.8) is 0 Å². The van der Waals surface area contributed by atoms with Crippen LogP contribution >= 0.6 is 0 Å².